The predicted octanol–water partition coefficient (Wildman–Crippen LogP) is -0.153. The molecule has 0 aliphatic rings. The lowest BCUT2D eigenvalue weighted by molar-refractivity contribution is -0.661. The van der Waals surface area contributed by atoms with Crippen LogP contribution in [0, 0.1) is 20.2 Å². The maximum Gasteiger partial charge on any atom is 0.325 e. The van der Waals surface area contributed by atoms with Gasteiger partial charge in [-0.05, 0) is 11.2 Å². The van der Waals surface area contributed by atoms with Crippen LogP contribution < -0.4 is 9.73 Å². The molecule has 0 aliphatic heterocycles. The first-order valence-corrected chi connectivity index (χ1v) is 4.74. The molecule has 3 rings (SSSR count). The largest absolute Gasteiger partial charge is 0.361 e. The zero-order valence-electron chi connectivity index (χ0n) is 8.63. The second kappa shape index (κ2) is 3.23. The minimum atomic E-state index is -0.662. The lowest BCUT2D eigenvalue weighted by Crippen LogP contribution is -2.30. The van der Waals surface area contributed by atoms with Crippen molar-refractivity contribution in [1.82, 2.24) is 14.8 Å². The van der Waals surface area contributed by atoms with Gasteiger partial charge in [0.05, 0.1) is 4.92 Å². The molecule has 0 unspecified atom stereocenters. The highest BCUT2D eigenvalue weighted by Crippen LogP contribution is 2.21. The molecule has 90 valence electrons. The fraction of sp³-hybridized carbons (Fsp3) is 0. The topological polar surface area (TPSA) is 122 Å². The van der Waals surface area contributed by atoms with Crippen LogP contribution in [0.25, 0.3) is 11.0 Å². The van der Waals surface area contributed by atoms with E-state index < -0.39 is 9.85 Å². The van der Waals surface area contributed by atoms with Gasteiger partial charge in [-0.25, -0.2) is 0 Å². The molecule has 2 aromatic heterocycles. The Balaban J connectivity index is 2.47. The quantitative estimate of drug-likeness (QED) is 0.353. The highest BCUT2D eigenvalue weighted by molar-refractivity contribution is 5.81. The van der Waals surface area contributed by atoms with Gasteiger partial charge in [-0.15, -0.1) is 0 Å². The van der Waals surface area contributed by atoms with Gasteiger partial charge in [0.15, 0.2) is 5.52 Å². The molecule has 0 radical (unpaired) electrons. The summed E-state index contributed by atoms with van der Waals surface area (Å²) in [4.78, 5) is 20.3. The third-order valence-electron chi connectivity index (χ3n) is 2.45. The number of hydrogen-bond acceptors (Lipinski definition) is 5. The Morgan fingerprint density at radius 2 is 2.06 bits per heavy atom. The first kappa shape index (κ1) is 10.1. The molecule has 0 N–H and O–H groups in total. The van der Waals surface area contributed by atoms with Gasteiger partial charge in [0.25, 0.3) is 0 Å². The van der Waals surface area contributed by atoms with E-state index in [0.29, 0.717) is 5.52 Å². The molecule has 0 bridgehead atoms. The molecule has 1 aromatic carbocycles. The van der Waals surface area contributed by atoms with E-state index in [0.717, 1.165) is 15.5 Å². The molecule has 10 heteroatoms. The van der Waals surface area contributed by atoms with Crippen LogP contribution in [0.2, 0.25) is 0 Å². The summed E-state index contributed by atoms with van der Waals surface area (Å²) in [6.07, 6.45) is 1.03. The Hall–Kier alpha value is -3.04. The number of fused-ring (bicyclic) bond motifs is 3. The van der Waals surface area contributed by atoms with Crippen LogP contribution in [-0.2, 0) is 0 Å². The lowest BCUT2D eigenvalue weighted by atomic mass is 10.3. The third-order valence-corrected chi connectivity index (χ3v) is 2.45. The van der Waals surface area contributed by atoms with Crippen LogP contribution in [0.15, 0.2) is 24.4 Å². The normalized spacial score (nSPS) is 11.1. The second-order valence-corrected chi connectivity index (χ2v) is 3.44. The molecule has 0 spiro atoms. The van der Waals surface area contributed by atoms with Crippen molar-refractivity contribution >= 4 is 22.5 Å². The van der Waals surface area contributed by atoms with Gasteiger partial charge in [0.2, 0.25) is 5.82 Å². The van der Waals surface area contributed by atoms with Gasteiger partial charge in [-0.3, -0.25) is 15.2 Å². The number of nitrogens with zero attached hydrogens (tertiary/aromatic N) is 6. The smallest absolute Gasteiger partial charge is 0.325 e. The highest BCUT2D eigenvalue weighted by Gasteiger charge is 2.23. The van der Waals surface area contributed by atoms with Crippen LogP contribution in [-0.4, -0.2) is 19.6 Å². The van der Waals surface area contributed by atoms with Crippen LogP contribution in [0.1, 0.15) is 0 Å². The van der Waals surface area contributed by atoms with Crippen molar-refractivity contribution in [3.63, 3.8) is 0 Å². The number of nitro benzene ring substituents is 1. The summed E-state index contributed by atoms with van der Waals surface area (Å²) in [6.45, 7) is 0. The van der Waals surface area contributed by atoms with Gasteiger partial charge in [-0.2, -0.15) is 4.63 Å². The Bertz CT molecular complexity index is 802. The molecule has 0 aliphatic carbocycles. The summed E-state index contributed by atoms with van der Waals surface area (Å²) < 4.78 is 2.05. The van der Waals surface area contributed by atoms with Crippen molar-refractivity contribution in [1.29, 1.82) is 0 Å². The van der Waals surface area contributed by atoms with Crippen molar-refractivity contribution in [2.24, 2.45) is 0 Å². The lowest BCUT2D eigenvalue weighted by Gasteiger charge is -1.92. The van der Waals surface area contributed by atoms with E-state index in [1.807, 2.05) is 0 Å². The fourth-order valence-electron chi connectivity index (χ4n) is 1.71. The van der Waals surface area contributed by atoms with Crippen LogP contribution >= 0.6 is 0 Å². The van der Waals surface area contributed by atoms with E-state index in [2.05, 4.69) is 10.2 Å². The molecule has 0 saturated heterocycles. The minimum Gasteiger partial charge on any atom is -0.361 e. The number of non-ortho nitro benzene ring substituents is 1. The molecule has 10 nitrogen and oxygen atoms in total. The number of aromatic nitrogens is 4. The van der Waals surface area contributed by atoms with Gasteiger partial charge in [0.1, 0.15) is 0 Å². The Morgan fingerprint density at radius 3 is 2.72 bits per heavy atom. The Labute approximate surface area is 97.3 Å². The fourth-order valence-corrected chi connectivity index (χ4v) is 1.71. The molecular weight excluding hydrogens is 244 g/mol. The van der Waals surface area contributed by atoms with E-state index >= 15 is 0 Å². The Morgan fingerprint density at radius 1 is 1.28 bits per heavy atom. The summed E-state index contributed by atoms with van der Waals surface area (Å²) in [5.74, 6) is -0.361. The molecule has 0 amide bonds. The zero-order valence-corrected chi connectivity index (χ0v) is 8.63. The van der Waals surface area contributed by atoms with Gasteiger partial charge < -0.3 is 10.1 Å². The SMILES string of the molecule is O=[N+]([O-])c1cccc2c1nn1c([N+](=O)[O-])c[n-][n+]21. The van der Waals surface area contributed by atoms with Crippen molar-refractivity contribution in [3.05, 3.63) is 44.6 Å². The molecule has 3 aromatic rings. The molecule has 0 saturated carbocycles. The maximum absolute atomic E-state index is 10.8. The third kappa shape index (κ3) is 1.16. The predicted molar refractivity (Wildman–Crippen MR) is 55.0 cm³/mol. The summed E-state index contributed by atoms with van der Waals surface area (Å²) in [5, 5.41) is 29.2. The average molecular weight is 248 g/mol. The standard InChI is InChI=1S/C8H4N6O4/c15-13(16)6-3-1-2-5-8(6)10-12-7(14(17)18)4-9-11(5)12/h1-4H. The number of hydrogen-bond donors (Lipinski definition) is 0. The van der Waals surface area contributed by atoms with Crippen LogP contribution in [0.5, 0.6) is 0 Å². The van der Waals surface area contributed by atoms with Crippen LogP contribution in [0.3, 0.4) is 0 Å². The summed E-state index contributed by atoms with van der Waals surface area (Å²) >= 11 is 0. The summed E-state index contributed by atoms with van der Waals surface area (Å²) in [6, 6.07) is 4.29. The van der Waals surface area contributed by atoms with Crippen molar-refractivity contribution in [3.8, 4) is 0 Å². The van der Waals surface area contributed by atoms with Gasteiger partial charge in [0, 0.05) is 12.3 Å². The van der Waals surface area contributed by atoms with Crippen molar-refractivity contribution < 1.29 is 14.5 Å². The van der Waals surface area contributed by atoms with Crippen molar-refractivity contribution in [2.45, 2.75) is 0 Å². The minimum absolute atomic E-state index is 0.0544. The molecule has 0 atom stereocenters. The van der Waals surface area contributed by atoms with E-state index in [-0.39, 0.29) is 17.0 Å². The monoisotopic (exact) mass is 248 g/mol. The number of nitro groups is 2. The zero-order chi connectivity index (χ0) is 12.9. The first-order valence-electron chi connectivity index (χ1n) is 4.74. The average Bonchev–Trinajstić information content (AvgIpc) is 2.85. The van der Waals surface area contributed by atoms with E-state index in [1.54, 1.807) is 6.07 Å². The Kier molecular flexibility index (Phi) is 1.82. The molecule has 0 fully saturated rings. The molecule has 18 heavy (non-hydrogen) atoms. The molecular formula is C8H4N6O4. The first-order chi connectivity index (χ1) is 8.59. The number of benzene rings is 1. The van der Waals surface area contributed by atoms with Crippen LogP contribution in [0.4, 0.5) is 11.5 Å². The summed E-state index contributed by atoms with van der Waals surface area (Å²) in [7, 11) is 0. The second-order valence-electron chi connectivity index (χ2n) is 3.44. The molecule has 2 heterocycles. The van der Waals surface area contributed by atoms with E-state index in [1.165, 1.54) is 12.1 Å². The van der Waals surface area contributed by atoms with E-state index in [4.69, 9.17) is 0 Å². The van der Waals surface area contributed by atoms with Gasteiger partial charge >= 0.3 is 11.2 Å². The van der Waals surface area contributed by atoms with Gasteiger partial charge in [-0.1, -0.05) is 15.6 Å². The number of rotatable bonds is 2. The highest BCUT2D eigenvalue weighted by atomic mass is 16.6. The summed E-state index contributed by atoms with van der Waals surface area (Å²) in [5.41, 5.74) is 0.163. The maximum atomic E-state index is 10.8. The van der Waals surface area contributed by atoms with E-state index in [9.17, 15) is 20.2 Å². The van der Waals surface area contributed by atoms with Crippen molar-refractivity contribution in [2.75, 3.05) is 0 Å².